The van der Waals surface area contributed by atoms with Crippen LogP contribution in [0.2, 0.25) is 0 Å². The molecule has 1 aliphatic rings. The summed E-state index contributed by atoms with van der Waals surface area (Å²) in [6.45, 7) is 5.53. The van der Waals surface area contributed by atoms with Crippen molar-refractivity contribution in [3.63, 3.8) is 0 Å². The monoisotopic (exact) mass is 492 g/mol. The zero-order chi connectivity index (χ0) is 25.1. The van der Waals surface area contributed by atoms with E-state index in [4.69, 9.17) is 5.73 Å². The van der Waals surface area contributed by atoms with Crippen molar-refractivity contribution in [3.05, 3.63) is 59.0 Å². The predicted octanol–water partition coefficient (Wildman–Crippen LogP) is 4.55. The molecule has 2 aromatic heterocycles. The van der Waals surface area contributed by atoms with E-state index in [0.717, 1.165) is 59.1 Å². The van der Waals surface area contributed by atoms with Gasteiger partial charge in [-0.2, -0.15) is 4.37 Å². The minimum Gasteiger partial charge on any atom is -0.378 e. The number of anilines is 4. The molecule has 1 amide bonds. The van der Waals surface area contributed by atoms with Crippen molar-refractivity contribution < 1.29 is 9.59 Å². The lowest BCUT2D eigenvalue weighted by atomic mass is 9.90. The predicted molar refractivity (Wildman–Crippen MR) is 142 cm³/mol. The molecule has 0 unspecified atom stereocenters. The van der Waals surface area contributed by atoms with E-state index >= 15 is 0 Å². The van der Waals surface area contributed by atoms with Crippen LogP contribution in [0.1, 0.15) is 51.4 Å². The fourth-order valence-electron chi connectivity index (χ4n) is 4.57. The zero-order valence-electron chi connectivity index (χ0n) is 20.7. The first kappa shape index (κ1) is 24.7. The van der Waals surface area contributed by atoms with Crippen LogP contribution in [0.5, 0.6) is 0 Å². The Kier molecular flexibility index (Phi) is 7.35. The molecule has 1 aromatic carbocycles. The summed E-state index contributed by atoms with van der Waals surface area (Å²) in [5.74, 6) is -0.157. The van der Waals surface area contributed by atoms with Gasteiger partial charge >= 0.3 is 0 Å². The van der Waals surface area contributed by atoms with Gasteiger partial charge in [-0.3, -0.25) is 9.59 Å². The van der Waals surface area contributed by atoms with Gasteiger partial charge in [0.05, 0.1) is 23.3 Å². The molecule has 0 saturated carbocycles. The minimum absolute atomic E-state index is 0.170. The number of aromatic nitrogens is 2. The first-order valence-corrected chi connectivity index (χ1v) is 12.6. The molecule has 0 radical (unpaired) electrons. The summed E-state index contributed by atoms with van der Waals surface area (Å²) in [4.78, 5) is 33.7. The molecule has 35 heavy (non-hydrogen) atoms. The summed E-state index contributed by atoms with van der Waals surface area (Å²) in [6, 6.07) is 9.71. The second kappa shape index (κ2) is 10.4. The van der Waals surface area contributed by atoms with Crippen molar-refractivity contribution in [2.45, 2.75) is 33.1 Å². The summed E-state index contributed by atoms with van der Waals surface area (Å²) < 4.78 is 4.30. The van der Waals surface area contributed by atoms with Crippen LogP contribution in [0.3, 0.4) is 0 Å². The highest BCUT2D eigenvalue weighted by Gasteiger charge is 2.26. The molecule has 9 heteroatoms. The number of piperidine rings is 1. The second-order valence-corrected chi connectivity index (χ2v) is 10.1. The van der Waals surface area contributed by atoms with E-state index in [0.29, 0.717) is 12.1 Å². The molecule has 1 fully saturated rings. The third-order valence-corrected chi connectivity index (χ3v) is 7.26. The number of amides is 1. The van der Waals surface area contributed by atoms with Crippen molar-refractivity contribution in [2.75, 3.05) is 42.3 Å². The Morgan fingerprint density at radius 1 is 1.23 bits per heavy atom. The number of carbonyl (C=O) groups excluding carboxylic acids is 2. The fraction of sp³-hybridized carbons (Fsp3) is 0.385. The Bertz CT molecular complexity index is 1220. The number of hydrogen-bond acceptors (Lipinski definition) is 8. The maximum absolute atomic E-state index is 13.0. The molecule has 1 aliphatic heterocycles. The van der Waals surface area contributed by atoms with Crippen LogP contribution >= 0.6 is 11.5 Å². The Labute approximate surface area is 210 Å². The van der Waals surface area contributed by atoms with Crippen LogP contribution in [0, 0.1) is 19.8 Å². The number of Topliss-reactive ketones (excluding diaryl/α,β-unsaturated/α-hetero) is 1. The molecule has 0 aliphatic carbocycles. The average molecular weight is 493 g/mol. The van der Waals surface area contributed by atoms with Crippen molar-refractivity contribution in [1.29, 1.82) is 0 Å². The number of benzene rings is 1. The summed E-state index contributed by atoms with van der Waals surface area (Å²) >= 11 is 1.33. The van der Waals surface area contributed by atoms with Gasteiger partial charge in [0.25, 0.3) is 5.91 Å². The number of nitrogens with two attached hydrogens (primary N) is 1. The number of ketones is 1. The van der Waals surface area contributed by atoms with Gasteiger partial charge in [0.15, 0.2) is 11.5 Å². The van der Waals surface area contributed by atoms with Gasteiger partial charge in [0.1, 0.15) is 5.00 Å². The molecule has 0 bridgehead atoms. The fourth-order valence-corrected chi connectivity index (χ4v) is 5.24. The second-order valence-electron chi connectivity index (χ2n) is 9.34. The molecule has 1 atom stereocenters. The van der Waals surface area contributed by atoms with Gasteiger partial charge in [-0.1, -0.05) is 0 Å². The number of carbonyl (C=O) groups is 2. The molecule has 4 rings (SSSR count). The van der Waals surface area contributed by atoms with Crippen molar-refractivity contribution in [2.24, 2.45) is 11.7 Å². The number of primary amides is 1. The normalized spacial score (nSPS) is 15.7. The van der Waals surface area contributed by atoms with Crippen LogP contribution < -0.4 is 20.9 Å². The van der Waals surface area contributed by atoms with Crippen molar-refractivity contribution in [3.8, 4) is 0 Å². The third-order valence-electron chi connectivity index (χ3n) is 6.46. The number of nitrogens with one attached hydrogen (secondary N) is 1. The standard InChI is InChI=1S/C26H32N6O2S/c1-16-12-23(35-30-16)29-24-17(2)21(14-28-25(24)26(27)34)32-11-5-6-18(15-32)13-22(33)19-7-9-20(10-8-19)31(3)4/h7-10,12,14,18,29H,5-6,11,13,15H2,1-4H3,(H2,27,34)/t18-/m0/s1. The molecule has 3 aromatic rings. The molecule has 3 heterocycles. The van der Waals surface area contributed by atoms with E-state index in [2.05, 4.69) is 19.6 Å². The number of aryl methyl sites for hydroxylation is 1. The SMILES string of the molecule is Cc1cc(Nc2c(C(N)=O)ncc(N3CCC[C@@H](CC(=O)c4ccc(N(C)C)cc4)C3)c2C)sn1. The Morgan fingerprint density at radius 2 is 1.97 bits per heavy atom. The van der Waals surface area contributed by atoms with E-state index in [9.17, 15) is 9.59 Å². The summed E-state index contributed by atoms with van der Waals surface area (Å²) in [6.07, 6.45) is 4.23. The molecular formula is C26H32N6O2S. The van der Waals surface area contributed by atoms with Crippen LogP contribution in [0.4, 0.5) is 22.1 Å². The van der Waals surface area contributed by atoms with Gasteiger partial charge in [0.2, 0.25) is 0 Å². The molecule has 8 nitrogen and oxygen atoms in total. The number of hydrogen-bond donors (Lipinski definition) is 2. The molecule has 3 N–H and O–H groups in total. The lowest BCUT2D eigenvalue weighted by Crippen LogP contribution is -2.37. The van der Waals surface area contributed by atoms with Gasteiger partial charge < -0.3 is 20.9 Å². The molecule has 1 saturated heterocycles. The highest BCUT2D eigenvalue weighted by molar-refractivity contribution is 7.10. The van der Waals surface area contributed by atoms with Crippen LogP contribution in [-0.2, 0) is 0 Å². The first-order valence-electron chi connectivity index (χ1n) is 11.8. The van der Waals surface area contributed by atoms with E-state index < -0.39 is 5.91 Å². The largest absolute Gasteiger partial charge is 0.378 e. The highest BCUT2D eigenvalue weighted by Crippen LogP contribution is 2.35. The summed E-state index contributed by atoms with van der Waals surface area (Å²) in [7, 11) is 3.97. The lowest BCUT2D eigenvalue weighted by Gasteiger charge is -2.35. The van der Waals surface area contributed by atoms with E-state index in [1.54, 1.807) is 6.20 Å². The smallest absolute Gasteiger partial charge is 0.269 e. The minimum atomic E-state index is -0.578. The highest BCUT2D eigenvalue weighted by atomic mass is 32.1. The van der Waals surface area contributed by atoms with E-state index in [1.807, 2.05) is 63.2 Å². The van der Waals surface area contributed by atoms with Crippen LogP contribution in [0.25, 0.3) is 0 Å². The van der Waals surface area contributed by atoms with Crippen LogP contribution in [-0.4, -0.2) is 48.2 Å². The van der Waals surface area contributed by atoms with E-state index in [-0.39, 0.29) is 17.4 Å². The Morgan fingerprint density at radius 3 is 2.60 bits per heavy atom. The number of rotatable bonds is 8. The van der Waals surface area contributed by atoms with Crippen LogP contribution in [0.15, 0.2) is 36.5 Å². The summed E-state index contributed by atoms with van der Waals surface area (Å²) in [5, 5.41) is 4.14. The zero-order valence-corrected chi connectivity index (χ0v) is 21.5. The maximum Gasteiger partial charge on any atom is 0.269 e. The quantitative estimate of drug-likeness (QED) is 0.444. The topological polar surface area (TPSA) is 104 Å². The van der Waals surface area contributed by atoms with Gasteiger partial charge in [0, 0.05) is 44.9 Å². The Hall–Kier alpha value is -3.46. The van der Waals surface area contributed by atoms with Crippen molar-refractivity contribution in [1.82, 2.24) is 9.36 Å². The molecule has 0 spiro atoms. The Balaban J connectivity index is 1.52. The van der Waals surface area contributed by atoms with Gasteiger partial charge in [-0.05, 0) is 80.0 Å². The first-order chi connectivity index (χ1) is 16.7. The van der Waals surface area contributed by atoms with Crippen molar-refractivity contribution >= 4 is 45.3 Å². The maximum atomic E-state index is 13.0. The average Bonchev–Trinajstić information content (AvgIpc) is 3.24. The summed E-state index contributed by atoms with van der Waals surface area (Å²) in [5.41, 5.74) is 11.0. The van der Waals surface area contributed by atoms with Gasteiger partial charge in [-0.25, -0.2) is 4.98 Å². The van der Waals surface area contributed by atoms with Gasteiger partial charge in [-0.15, -0.1) is 0 Å². The molecular weight excluding hydrogens is 460 g/mol. The van der Waals surface area contributed by atoms with E-state index in [1.165, 1.54) is 11.5 Å². The number of nitrogens with zero attached hydrogens (tertiary/aromatic N) is 4. The third kappa shape index (κ3) is 5.62. The molecule has 184 valence electrons. The number of pyridine rings is 1. The lowest BCUT2D eigenvalue weighted by molar-refractivity contribution is 0.0955.